The highest BCUT2D eigenvalue weighted by Gasteiger charge is 2.17. The van der Waals surface area contributed by atoms with Crippen molar-refractivity contribution in [3.05, 3.63) is 23.8 Å². The van der Waals surface area contributed by atoms with Crippen LogP contribution < -0.4 is 9.47 Å². The summed E-state index contributed by atoms with van der Waals surface area (Å²) in [6.07, 6.45) is 0.210. The summed E-state index contributed by atoms with van der Waals surface area (Å²) < 4.78 is 10.3. The molecule has 1 atom stereocenters. The Morgan fingerprint density at radius 2 is 2.17 bits per heavy atom. The first-order chi connectivity index (χ1) is 8.62. The van der Waals surface area contributed by atoms with Crippen molar-refractivity contribution in [3.8, 4) is 17.6 Å². The maximum absolute atomic E-state index is 10.5. The van der Waals surface area contributed by atoms with Crippen molar-refractivity contribution in [2.24, 2.45) is 0 Å². The molecule has 0 bridgehead atoms. The minimum Gasteiger partial charge on any atom is -0.497 e. The molecular formula is C13H15NO4. The second kappa shape index (κ2) is 6.50. The summed E-state index contributed by atoms with van der Waals surface area (Å²) in [5, 5.41) is 17.8. The topological polar surface area (TPSA) is 79.5 Å². The van der Waals surface area contributed by atoms with Gasteiger partial charge in [-0.15, -0.1) is 0 Å². The number of carbonyl (C=O) groups is 1. The quantitative estimate of drug-likeness (QED) is 0.835. The lowest BCUT2D eigenvalue weighted by atomic mass is 9.94. The molecule has 0 saturated heterocycles. The third-order valence-corrected chi connectivity index (χ3v) is 2.62. The van der Waals surface area contributed by atoms with Crippen molar-refractivity contribution in [2.75, 3.05) is 14.2 Å². The molecule has 1 aromatic carbocycles. The van der Waals surface area contributed by atoms with Crippen molar-refractivity contribution >= 4 is 5.97 Å². The molecule has 0 radical (unpaired) electrons. The first kappa shape index (κ1) is 13.8. The zero-order valence-electron chi connectivity index (χ0n) is 10.3. The van der Waals surface area contributed by atoms with E-state index in [1.807, 2.05) is 0 Å². The Balaban J connectivity index is 2.98. The van der Waals surface area contributed by atoms with E-state index in [1.165, 1.54) is 7.11 Å². The Kier molecular flexibility index (Phi) is 5.00. The molecule has 96 valence electrons. The molecule has 5 heteroatoms. The summed E-state index contributed by atoms with van der Waals surface area (Å²) in [7, 11) is 3.05. The lowest BCUT2D eigenvalue weighted by molar-refractivity contribution is -0.137. The maximum atomic E-state index is 10.5. The van der Waals surface area contributed by atoms with Gasteiger partial charge in [0.05, 0.1) is 26.2 Å². The van der Waals surface area contributed by atoms with E-state index < -0.39 is 11.9 Å². The van der Waals surface area contributed by atoms with Crippen molar-refractivity contribution in [1.82, 2.24) is 0 Å². The average Bonchev–Trinajstić information content (AvgIpc) is 2.39. The number of ether oxygens (including phenoxy) is 2. The molecule has 0 aromatic heterocycles. The number of carboxylic acid groups (broad SMARTS) is 1. The van der Waals surface area contributed by atoms with E-state index in [4.69, 9.17) is 19.8 Å². The van der Waals surface area contributed by atoms with Gasteiger partial charge in [0.1, 0.15) is 11.5 Å². The number of benzene rings is 1. The third kappa shape index (κ3) is 3.39. The second-order valence-corrected chi connectivity index (χ2v) is 3.72. The van der Waals surface area contributed by atoms with Crippen LogP contribution in [-0.2, 0) is 4.79 Å². The average molecular weight is 249 g/mol. The van der Waals surface area contributed by atoms with Gasteiger partial charge in [-0.2, -0.15) is 5.26 Å². The molecular weight excluding hydrogens is 234 g/mol. The monoisotopic (exact) mass is 249 g/mol. The van der Waals surface area contributed by atoms with Crippen LogP contribution >= 0.6 is 0 Å². The Morgan fingerprint density at radius 1 is 1.44 bits per heavy atom. The second-order valence-electron chi connectivity index (χ2n) is 3.72. The highest BCUT2D eigenvalue weighted by atomic mass is 16.5. The van der Waals surface area contributed by atoms with E-state index in [9.17, 15) is 4.79 Å². The Hall–Kier alpha value is -2.22. The van der Waals surface area contributed by atoms with Gasteiger partial charge >= 0.3 is 5.97 Å². The SMILES string of the molecule is COc1ccc(C(C#N)CCC(=O)O)c(OC)c1. The van der Waals surface area contributed by atoms with Crippen LogP contribution in [-0.4, -0.2) is 25.3 Å². The largest absolute Gasteiger partial charge is 0.497 e. The van der Waals surface area contributed by atoms with Crippen molar-refractivity contribution < 1.29 is 19.4 Å². The zero-order chi connectivity index (χ0) is 13.5. The van der Waals surface area contributed by atoms with Gasteiger partial charge in [-0.25, -0.2) is 0 Å². The fraction of sp³-hybridized carbons (Fsp3) is 0.385. The lowest BCUT2D eigenvalue weighted by Gasteiger charge is -2.14. The van der Waals surface area contributed by atoms with E-state index in [0.717, 1.165) is 0 Å². The van der Waals surface area contributed by atoms with Crippen LogP contribution in [0.2, 0.25) is 0 Å². The maximum Gasteiger partial charge on any atom is 0.303 e. The van der Waals surface area contributed by atoms with Crippen LogP contribution in [0.25, 0.3) is 0 Å². The normalized spacial score (nSPS) is 11.4. The predicted octanol–water partition coefficient (Wildman–Crippen LogP) is 2.18. The van der Waals surface area contributed by atoms with Crippen molar-refractivity contribution in [2.45, 2.75) is 18.8 Å². The van der Waals surface area contributed by atoms with Crippen LogP contribution in [0, 0.1) is 11.3 Å². The number of methoxy groups -OCH3 is 2. The number of nitriles is 1. The molecule has 1 aromatic rings. The van der Waals surface area contributed by atoms with Crippen molar-refractivity contribution in [1.29, 1.82) is 5.26 Å². The first-order valence-corrected chi connectivity index (χ1v) is 5.45. The number of hydrogen-bond donors (Lipinski definition) is 1. The minimum atomic E-state index is -0.914. The molecule has 18 heavy (non-hydrogen) atoms. The standard InChI is InChI=1S/C13H15NO4/c1-17-10-4-5-11(12(7-10)18-2)9(8-14)3-6-13(15)16/h4-5,7,9H,3,6H2,1-2H3,(H,15,16). The van der Waals surface area contributed by atoms with Crippen LogP contribution in [0.1, 0.15) is 24.3 Å². The summed E-state index contributed by atoms with van der Waals surface area (Å²) in [5.41, 5.74) is 0.682. The van der Waals surface area contributed by atoms with Crippen LogP contribution in [0.5, 0.6) is 11.5 Å². The van der Waals surface area contributed by atoms with Crippen LogP contribution in [0.3, 0.4) is 0 Å². The lowest BCUT2D eigenvalue weighted by Crippen LogP contribution is -2.03. The molecule has 0 fully saturated rings. The third-order valence-electron chi connectivity index (χ3n) is 2.62. The van der Waals surface area contributed by atoms with Crippen LogP contribution in [0.4, 0.5) is 0 Å². The molecule has 0 saturated carbocycles. The van der Waals surface area contributed by atoms with Gasteiger partial charge in [-0.1, -0.05) is 6.07 Å². The summed E-state index contributed by atoms with van der Waals surface area (Å²) in [4.78, 5) is 10.5. The van der Waals surface area contributed by atoms with Gasteiger partial charge in [-0.05, 0) is 12.5 Å². The van der Waals surface area contributed by atoms with E-state index >= 15 is 0 Å². The Bertz CT molecular complexity index is 465. The zero-order valence-corrected chi connectivity index (χ0v) is 10.3. The molecule has 0 amide bonds. The highest BCUT2D eigenvalue weighted by Crippen LogP contribution is 2.32. The number of hydrogen-bond acceptors (Lipinski definition) is 4. The van der Waals surface area contributed by atoms with Gasteiger partial charge in [0.25, 0.3) is 0 Å². The van der Waals surface area contributed by atoms with E-state index in [1.54, 1.807) is 25.3 Å². The molecule has 0 aliphatic heterocycles. The smallest absolute Gasteiger partial charge is 0.303 e. The molecule has 0 aliphatic rings. The molecule has 0 spiro atoms. The number of aliphatic carboxylic acids is 1. The van der Waals surface area contributed by atoms with E-state index in [0.29, 0.717) is 17.1 Å². The van der Waals surface area contributed by atoms with Crippen molar-refractivity contribution in [3.63, 3.8) is 0 Å². The highest BCUT2D eigenvalue weighted by molar-refractivity contribution is 5.66. The fourth-order valence-electron chi connectivity index (χ4n) is 1.66. The van der Waals surface area contributed by atoms with Gasteiger partial charge in [0.15, 0.2) is 0 Å². The predicted molar refractivity (Wildman–Crippen MR) is 64.8 cm³/mol. The number of carboxylic acids is 1. The van der Waals surface area contributed by atoms with E-state index in [-0.39, 0.29) is 12.8 Å². The van der Waals surface area contributed by atoms with Gasteiger partial charge < -0.3 is 14.6 Å². The van der Waals surface area contributed by atoms with Gasteiger partial charge in [-0.3, -0.25) is 4.79 Å². The van der Waals surface area contributed by atoms with Crippen LogP contribution in [0.15, 0.2) is 18.2 Å². The summed E-state index contributed by atoms with van der Waals surface area (Å²) >= 11 is 0. The molecule has 5 nitrogen and oxygen atoms in total. The molecule has 0 heterocycles. The van der Waals surface area contributed by atoms with Gasteiger partial charge in [0, 0.05) is 18.1 Å². The molecule has 1 rings (SSSR count). The molecule has 0 aliphatic carbocycles. The molecule has 1 N–H and O–H groups in total. The van der Waals surface area contributed by atoms with E-state index in [2.05, 4.69) is 6.07 Å². The number of nitrogens with zero attached hydrogens (tertiary/aromatic N) is 1. The summed E-state index contributed by atoms with van der Waals surface area (Å²) in [6.45, 7) is 0. The summed E-state index contributed by atoms with van der Waals surface area (Å²) in [6, 6.07) is 7.24. The fourth-order valence-corrected chi connectivity index (χ4v) is 1.66. The Labute approximate surface area is 106 Å². The molecule has 1 unspecified atom stereocenters. The van der Waals surface area contributed by atoms with Gasteiger partial charge in [0.2, 0.25) is 0 Å². The first-order valence-electron chi connectivity index (χ1n) is 5.45. The minimum absolute atomic E-state index is 0.0482. The summed E-state index contributed by atoms with van der Waals surface area (Å²) in [5.74, 6) is -0.249. The number of rotatable bonds is 6. The Morgan fingerprint density at radius 3 is 2.67 bits per heavy atom.